The fraction of sp³-hybridized carbons (Fsp3) is 0.833. The molecule has 1 rings (SSSR count). The van der Waals surface area contributed by atoms with Crippen LogP contribution in [0.5, 0.6) is 0 Å². The highest BCUT2D eigenvalue weighted by Gasteiger charge is 2.48. The summed E-state index contributed by atoms with van der Waals surface area (Å²) >= 11 is 0. The maximum Gasteiger partial charge on any atom is 0.306 e. The topological polar surface area (TPSA) is 134 Å². The molecule has 0 aromatic carbocycles. The SMILES string of the molecule is CCCC(=O)OC[C@H]1O[C@@H](O)[C@H](N)[C@@H](OC(=O)CCC)[C@@H]1OC(=O)CCC. The van der Waals surface area contributed by atoms with Gasteiger partial charge in [0.25, 0.3) is 0 Å². The lowest BCUT2D eigenvalue weighted by Gasteiger charge is -2.42. The molecule has 0 aliphatic carbocycles. The number of carbonyl (C=O) groups excluding carboxylic acids is 3. The molecule has 1 aliphatic rings. The minimum absolute atomic E-state index is 0.159. The van der Waals surface area contributed by atoms with Crippen molar-refractivity contribution in [3.63, 3.8) is 0 Å². The minimum atomic E-state index is -1.46. The zero-order valence-electron chi connectivity index (χ0n) is 16.2. The summed E-state index contributed by atoms with van der Waals surface area (Å²) in [6, 6.07) is -1.10. The molecule has 1 heterocycles. The number of esters is 3. The summed E-state index contributed by atoms with van der Waals surface area (Å²) in [5, 5.41) is 10.1. The molecular formula is C18H31NO8. The van der Waals surface area contributed by atoms with E-state index in [9.17, 15) is 19.5 Å². The second-order valence-corrected chi connectivity index (χ2v) is 6.48. The summed E-state index contributed by atoms with van der Waals surface area (Å²) < 4.78 is 21.3. The Bertz CT molecular complexity index is 498. The van der Waals surface area contributed by atoms with Crippen LogP contribution < -0.4 is 5.73 Å². The van der Waals surface area contributed by atoms with Crippen molar-refractivity contribution >= 4 is 17.9 Å². The van der Waals surface area contributed by atoms with Crippen LogP contribution in [0.4, 0.5) is 0 Å². The van der Waals surface area contributed by atoms with E-state index >= 15 is 0 Å². The molecule has 0 aromatic rings. The van der Waals surface area contributed by atoms with Crippen LogP contribution in [-0.4, -0.2) is 60.3 Å². The zero-order chi connectivity index (χ0) is 20.4. The van der Waals surface area contributed by atoms with Gasteiger partial charge in [-0.25, -0.2) is 0 Å². The molecule has 0 spiro atoms. The predicted molar refractivity (Wildman–Crippen MR) is 94.3 cm³/mol. The Labute approximate surface area is 159 Å². The highest BCUT2D eigenvalue weighted by molar-refractivity contribution is 5.71. The van der Waals surface area contributed by atoms with Crippen molar-refractivity contribution in [2.75, 3.05) is 6.61 Å². The molecular weight excluding hydrogens is 358 g/mol. The van der Waals surface area contributed by atoms with Crippen LogP contribution in [0.2, 0.25) is 0 Å². The molecule has 1 aliphatic heterocycles. The Balaban J connectivity index is 2.96. The minimum Gasteiger partial charge on any atom is -0.463 e. The van der Waals surface area contributed by atoms with Gasteiger partial charge in [-0.1, -0.05) is 20.8 Å². The van der Waals surface area contributed by atoms with E-state index in [-0.39, 0.29) is 25.9 Å². The Hall–Kier alpha value is -1.71. The standard InChI is InChI=1S/C18H31NO8/c1-4-7-12(20)24-10-11-16(26-13(21)8-5-2)17(15(19)18(23)25-11)27-14(22)9-6-3/h11,15-18,23H,4-10,19H2,1-3H3/t11-,15-,16-,17-,18-/m1/s1. The lowest BCUT2D eigenvalue weighted by atomic mass is 9.97. The van der Waals surface area contributed by atoms with E-state index in [0.717, 1.165) is 0 Å². The smallest absolute Gasteiger partial charge is 0.306 e. The largest absolute Gasteiger partial charge is 0.463 e. The number of ether oxygens (including phenoxy) is 4. The summed E-state index contributed by atoms with van der Waals surface area (Å²) in [6.07, 6.45) is -2.36. The van der Waals surface area contributed by atoms with E-state index in [0.29, 0.717) is 19.3 Å². The van der Waals surface area contributed by atoms with Crippen LogP contribution in [0.25, 0.3) is 0 Å². The second kappa shape index (κ2) is 11.9. The number of aliphatic hydroxyl groups excluding tert-OH is 1. The number of rotatable bonds is 10. The van der Waals surface area contributed by atoms with Crippen molar-refractivity contribution in [3.05, 3.63) is 0 Å². The first-order valence-electron chi connectivity index (χ1n) is 9.47. The predicted octanol–water partition coefficient (Wildman–Crippen LogP) is 0.798. The molecule has 3 N–H and O–H groups in total. The quantitative estimate of drug-likeness (QED) is 0.411. The number of nitrogens with two attached hydrogens (primary N) is 1. The van der Waals surface area contributed by atoms with Crippen molar-refractivity contribution in [1.29, 1.82) is 0 Å². The normalized spacial score (nSPS) is 27.7. The summed E-state index contributed by atoms with van der Waals surface area (Å²) in [5.41, 5.74) is 5.92. The van der Waals surface area contributed by atoms with Crippen molar-refractivity contribution < 1.29 is 38.4 Å². The fourth-order valence-electron chi connectivity index (χ4n) is 2.64. The van der Waals surface area contributed by atoms with E-state index < -0.39 is 48.6 Å². The summed E-state index contributed by atoms with van der Waals surface area (Å²) in [6.45, 7) is 5.21. The number of hydrogen-bond donors (Lipinski definition) is 2. The van der Waals surface area contributed by atoms with Crippen LogP contribution in [0.3, 0.4) is 0 Å². The molecule has 1 fully saturated rings. The van der Waals surface area contributed by atoms with Crippen LogP contribution in [0.15, 0.2) is 0 Å². The van der Waals surface area contributed by atoms with Gasteiger partial charge in [0.15, 0.2) is 18.5 Å². The molecule has 5 atom stereocenters. The van der Waals surface area contributed by atoms with Crippen molar-refractivity contribution in [1.82, 2.24) is 0 Å². The molecule has 0 saturated carbocycles. The van der Waals surface area contributed by atoms with Gasteiger partial charge >= 0.3 is 17.9 Å². The van der Waals surface area contributed by atoms with Gasteiger partial charge in [-0.15, -0.1) is 0 Å². The Kier molecular flexibility index (Phi) is 10.3. The summed E-state index contributed by atoms with van der Waals surface area (Å²) in [4.78, 5) is 35.6. The lowest BCUT2D eigenvalue weighted by Crippen LogP contribution is -2.64. The Morgan fingerprint density at radius 3 is 1.89 bits per heavy atom. The van der Waals surface area contributed by atoms with Crippen molar-refractivity contribution in [2.45, 2.75) is 89.9 Å². The van der Waals surface area contributed by atoms with E-state index in [1.54, 1.807) is 0 Å². The molecule has 1 saturated heterocycles. The van der Waals surface area contributed by atoms with Gasteiger partial charge in [-0.3, -0.25) is 14.4 Å². The number of aliphatic hydroxyl groups is 1. The van der Waals surface area contributed by atoms with Gasteiger partial charge in [0, 0.05) is 19.3 Å². The molecule has 0 unspecified atom stereocenters. The summed E-state index contributed by atoms with van der Waals surface area (Å²) in [7, 11) is 0. The Morgan fingerprint density at radius 2 is 1.37 bits per heavy atom. The number of hydrogen-bond acceptors (Lipinski definition) is 9. The Morgan fingerprint density at radius 1 is 0.889 bits per heavy atom. The van der Waals surface area contributed by atoms with Gasteiger partial charge < -0.3 is 29.8 Å². The van der Waals surface area contributed by atoms with Crippen molar-refractivity contribution in [3.8, 4) is 0 Å². The first kappa shape index (κ1) is 23.3. The molecule has 0 aromatic heterocycles. The first-order chi connectivity index (χ1) is 12.8. The molecule has 27 heavy (non-hydrogen) atoms. The van der Waals surface area contributed by atoms with E-state index in [1.807, 2.05) is 20.8 Å². The van der Waals surface area contributed by atoms with Crippen molar-refractivity contribution in [2.24, 2.45) is 5.73 Å². The fourth-order valence-corrected chi connectivity index (χ4v) is 2.64. The van der Waals surface area contributed by atoms with E-state index in [2.05, 4.69) is 0 Å². The third kappa shape index (κ3) is 7.43. The summed E-state index contributed by atoms with van der Waals surface area (Å²) in [5.74, 6) is -1.48. The van der Waals surface area contributed by atoms with Gasteiger partial charge in [0.05, 0.1) is 6.04 Å². The average molecular weight is 389 g/mol. The maximum atomic E-state index is 12.0. The van der Waals surface area contributed by atoms with E-state index in [4.69, 9.17) is 24.7 Å². The third-order valence-electron chi connectivity index (χ3n) is 4.02. The number of carbonyl (C=O) groups is 3. The van der Waals surface area contributed by atoms with Gasteiger partial charge in [-0.2, -0.15) is 0 Å². The molecule has 0 radical (unpaired) electrons. The van der Waals surface area contributed by atoms with Crippen LogP contribution in [-0.2, 0) is 33.3 Å². The average Bonchev–Trinajstić information content (AvgIpc) is 2.60. The van der Waals surface area contributed by atoms with Crippen LogP contribution >= 0.6 is 0 Å². The molecule has 0 amide bonds. The third-order valence-corrected chi connectivity index (χ3v) is 4.02. The van der Waals surface area contributed by atoms with Gasteiger partial charge in [0.2, 0.25) is 0 Å². The van der Waals surface area contributed by atoms with Gasteiger partial charge in [-0.05, 0) is 19.3 Å². The van der Waals surface area contributed by atoms with Crippen LogP contribution in [0, 0.1) is 0 Å². The molecule has 9 nitrogen and oxygen atoms in total. The first-order valence-corrected chi connectivity index (χ1v) is 9.47. The molecule has 156 valence electrons. The van der Waals surface area contributed by atoms with E-state index in [1.165, 1.54) is 0 Å². The lowest BCUT2D eigenvalue weighted by molar-refractivity contribution is -0.261. The zero-order valence-corrected chi connectivity index (χ0v) is 16.2. The monoisotopic (exact) mass is 389 g/mol. The molecule has 0 bridgehead atoms. The van der Waals surface area contributed by atoms with Crippen LogP contribution in [0.1, 0.15) is 59.3 Å². The maximum absolute atomic E-state index is 12.0. The highest BCUT2D eigenvalue weighted by atomic mass is 16.7. The van der Waals surface area contributed by atoms with Gasteiger partial charge in [0.1, 0.15) is 12.7 Å². The highest BCUT2D eigenvalue weighted by Crippen LogP contribution is 2.25. The second-order valence-electron chi connectivity index (χ2n) is 6.48. The molecule has 9 heteroatoms.